The molecule has 1 aromatic carbocycles. The van der Waals surface area contributed by atoms with Crippen molar-refractivity contribution >= 4 is 0 Å². The summed E-state index contributed by atoms with van der Waals surface area (Å²) in [6, 6.07) is 5.89. The highest BCUT2D eigenvalue weighted by molar-refractivity contribution is 5.52. The van der Waals surface area contributed by atoms with Crippen LogP contribution in [0.3, 0.4) is 0 Å². The van der Waals surface area contributed by atoms with Crippen LogP contribution in [0.5, 0.6) is 17.2 Å². The molecular formula is C21H34N2O3. The van der Waals surface area contributed by atoms with E-state index in [0.29, 0.717) is 13.2 Å². The van der Waals surface area contributed by atoms with Gasteiger partial charge < -0.3 is 19.5 Å². The highest BCUT2D eigenvalue weighted by atomic mass is 16.6. The fourth-order valence-electron chi connectivity index (χ4n) is 3.80. The van der Waals surface area contributed by atoms with Gasteiger partial charge in [0, 0.05) is 13.1 Å². The number of fused-ring (bicyclic) bond motifs is 1. The van der Waals surface area contributed by atoms with Gasteiger partial charge in [-0.3, -0.25) is 4.90 Å². The van der Waals surface area contributed by atoms with Crippen LogP contribution in [-0.2, 0) is 0 Å². The number of nitrogens with one attached hydrogen (secondary N) is 1. The standard InChI is InChI=1S/C21H34N2O3/c1-3-5-12-22-15-21(16-23-13-7-6-8-14-23)17-25-19-11-9-10-18(24-4-2)20(19)26-21/h9-11,22H,3-8,12-17H2,1-2H3. The molecule has 5 nitrogen and oxygen atoms in total. The third-order valence-electron chi connectivity index (χ3n) is 5.17. The zero-order valence-corrected chi connectivity index (χ0v) is 16.4. The van der Waals surface area contributed by atoms with E-state index in [-0.39, 0.29) is 5.60 Å². The Hall–Kier alpha value is -1.46. The van der Waals surface area contributed by atoms with Crippen LogP contribution in [0.15, 0.2) is 18.2 Å². The number of hydrogen-bond donors (Lipinski definition) is 1. The van der Waals surface area contributed by atoms with Crippen LogP contribution in [-0.4, -0.2) is 56.4 Å². The van der Waals surface area contributed by atoms with Gasteiger partial charge in [-0.15, -0.1) is 0 Å². The van der Waals surface area contributed by atoms with Crippen LogP contribution in [0.25, 0.3) is 0 Å². The van der Waals surface area contributed by atoms with E-state index in [1.54, 1.807) is 0 Å². The SMILES string of the molecule is CCCCNCC1(CN2CCCCC2)COc2cccc(OCC)c2O1. The molecule has 1 unspecified atom stereocenters. The van der Waals surface area contributed by atoms with E-state index < -0.39 is 0 Å². The molecule has 2 heterocycles. The van der Waals surface area contributed by atoms with Crippen molar-refractivity contribution in [3.05, 3.63) is 18.2 Å². The van der Waals surface area contributed by atoms with Gasteiger partial charge in [0.15, 0.2) is 17.1 Å². The molecule has 0 aliphatic carbocycles. The second-order valence-electron chi connectivity index (χ2n) is 7.46. The Morgan fingerprint density at radius 3 is 2.81 bits per heavy atom. The molecule has 0 amide bonds. The third kappa shape index (κ3) is 4.83. The fraction of sp³-hybridized carbons (Fsp3) is 0.714. The lowest BCUT2D eigenvalue weighted by atomic mass is 10.00. The van der Waals surface area contributed by atoms with Crippen molar-refractivity contribution < 1.29 is 14.2 Å². The quantitative estimate of drug-likeness (QED) is 0.682. The maximum Gasteiger partial charge on any atom is 0.204 e. The molecule has 5 heteroatoms. The molecule has 1 atom stereocenters. The van der Waals surface area contributed by atoms with E-state index in [0.717, 1.165) is 50.0 Å². The first kappa shape index (κ1) is 19.3. The summed E-state index contributed by atoms with van der Waals surface area (Å²) >= 11 is 0. The highest BCUT2D eigenvalue weighted by Crippen LogP contribution is 2.43. The summed E-state index contributed by atoms with van der Waals surface area (Å²) in [5.74, 6) is 2.33. The molecule has 0 saturated carbocycles. The average molecular weight is 363 g/mol. The molecule has 1 aromatic rings. The van der Waals surface area contributed by atoms with E-state index in [9.17, 15) is 0 Å². The van der Waals surface area contributed by atoms with Crippen molar-refractivity contribution in [3.63, 3.8) is 0 Å². The Morgan fingerprint density at radius 1 is 1.19 bits per heavy atom. The lowest BCUT2D eigenvalue weighted by molar-refractivity contribution is -0.0372. The largest absolute Gasteiger partial charge is 0.490 e. The molecule has 0 aromatic heterocycles. The number of unbranched alkanes of at least 4 members (excludes halogenated alkanes) is 1. The van der Waals surface area contributed by atoms with Crippen LogP contribution in [0.2, 0.25) is 0 Å². The normalized spacial score (nSPS) is 23.0. The number of hydrogen-bond acceptors (Lipinski definition) is 5. The second kappa shape index (κ2) is 9.47. The fourth-order valence-corrected chi connectivity index (χ4v) is 3.80. The summed E-state index contributed by atoms with van der Waals surface area (Å²) < 4.78 is 18.6. The van der Waals surface area contributed by atoms with Gasteiger partial charge in [0.25, 0.3) is 0 Å². The first-order chi connectivity index (χ1) is 12.8. The first-order valence-electron chi connectivity index (χ1n) is 10.3. The average Bonchev–Trinajstić information content (AvgIpc) is 2.67. The zero-order valence-electron chi connectivity index (χ0n) is 16.4. The summed E-state index contributed by atoms with van der Waals surface area (Å²) in [6.45, 7) is 10.4. The van der Waals surface area contributed by atoms with Crippen LogP contribution >= 0.6 is 0 Å². The molecule has 2 aliphatic rings. The van der Waals surface area contributed by atoms with Crippen LogP contribution in [0.4, 0.5) is 0 Å². The van der Waals surface area contributed by atoms with E-state index in [1.807, 2.05) is 25.1 Å². The number of rotatable bonds is 9. The number of nitrogens with zero attached hydrogens (tertiary/aromatic N) is 1. The van der Waals surface area contributed by atoms with Gasteiger partial charge in [-0.05, 0) is 58.0 Å². The Kier molecular flexibility index (Phi) is 7.03. The smallest absolute Gasteiger partial charge is 0.204 e. The van der Waals surface area contributed by atoms with Crippen molar-refractivity contribution in [1.82, 2.24) is 10.2 Å². The zero-order chi connectivity index (χ0) is 18.2. The minimum atomic E-state index is -0.370. The first-order valence-corrected chi connectivity index (χ1v) is 10.3. The predicted octanol–water partition coefficient (Wildman–Crippen LogP) is 3.47. The lowest BCUT2D eigenvalue weighted by Crippen LogP contribution is -2.59. The van der Waals surface area contributed by atoms with Crippen LogP contribution in [0.1, 0.15) is 46.0 Å². The maximum absolute atomic E-state index is 6.63. The van der Waals surface area contributed by atoms with E-state index in [4.69, 9.17) is 14.2 Å². The Balaban J connectivity index is 1.76. The second-order valence-corrected chi connectivity index (χ2v) is 7.46. The minimum Gasteiger partial charge on any atom is -0.490 e. The van der Waals surface area contributed by atoms with Gasteiger partial charge in [-0.1, -0.05) is 25.8 Å². The molecule has 146 valence electrons. The van der Waals surface area contributed by atoms with Gasteiger partial charge >= 0.3 is 0 Å². The van der Waals surface area contributed by atoms with Crippen molar-refractivity contribution in [1.29, 1.82) is 0 Å². The summed E-state index contributed by atoms with van der Waals surface area (Å²) in [5, 5.41) is 3.60. The summed E-state index contributed by atoms with van der Waals surface area (Å²) in [6.07, 6.45) is 6.27. The Morgan fingerprint density at radius 2 is 2.04 bits per heavy atom. The summed E-state index contributed by atoms with van der Waals surface area (Å²) in [5.41, 5.74) is -0.370. The van der Waals surface area contributed by atoms with Gasteiger partial charge in [-0.2, -0.15) is 0 Å². The monoisotopic (exact) mass is 362 g/mol. The molecule has 1 N–H and O–H groups in total. The number of piperidine rings is 1. The summed E-state index contributed by atoms with van der Waals surface area (Å²) in [4.78, 5) is 2.53. The minimum absolute atomic E-state index is 0.370. The number of para-hydroxylation sites is 1. The van der Waals surface area contributed by atoms with Crippen molar-refractivity contribution in [2.45, 2.75) is 51.6 Å². The molecule has 2 aliphatic heterocycles. The molecule has 0 radical (unpaired) electrons. The Labute approximate surface area is 158 Å². The molecule has 1 saturated heterocycles. The van der Waals surface area contributed by atoms with Crippen molar-refractivity contribution in [3.8, 4) is 17.2 Å². The molecule has 1 fully saturated rings. The highest BCUT2D eigenvalue weighted by Gasteiger charge is 2.40. The van der Waals surface area contributed by atoms with Crippen LogP contribution < -0.4 is 19.5 Å². The van der Waals surface area contributed by atoms with Gasteiger partial charge in [0.1, 0.15) is 6.61 Å². The number of ether oxygens (including phenoxy) is 3. The van der Waals surface area contributed by atoms with E-state index in [1.165, 1.54) is 32.1 Å². The van der Waals surface area contributed by atoms with Gasteiger partial charge in [0.2, 0.25) is 5.75 Å². The molecule has 26 heavy (non-hydrogen) atoms. The molecule has 3 rings (SSSR count). The van der Waals surface area contributed by atoms with Gasteiger partial charge in [-0.25, -0.2) is 0 Å². The maximum atomic E-state index is 6.63. The number of benzene rings is 1. The molecule has 0 bridgehead atoms. The Bertz CT molecular complexity index is 560. The number of likely N-dealkylation sites (tertiary alicyclic amines) is 1. The predicted molar refractivity (Wildman–Crippen MR) is 105 cm³/mol. The molecular weight excluding hydrogens is 328 g/mol. The summed E-state index contributed by atoms with van der Waals surface area (Å²) in [7, 11) is 0. The van der Waals surface area contributed by atoms with Gasteiger partial charge in [0.05, 0.1) is 6.61 Å². The topological polar surface area (TPSA) is 43.0 Å². The molecule has 0 spiro atoms. The third-order valence-corrected chi connectivity index (χ3v) is 5.17. The van der Waals surface area contributed by atoms with Crippen LogP contribution in [0, 0.1) is 0 Å². The van der Waals surface area contributed by atoms with E-state index >= 15 is 0 Å². The van der Waals surface area contributed by atoms with Crippen molar-refractivity contribution in [2.24, 2.45) is 0 Å². The van der Waals surface area contributed by atoms with E-state index in [2.05, 4.69) is 17.1 Å². The lowest BCUT2D eigenvalue weighted by Gasteiger charge is -2.42. The van der Waals surface area contributed by atoms with Crippen molar-refractivity contribution in [2.75, 3.05) is 45.9 Å².